The molecule has 46 heavy (non-hydrogen) atoms. The number of fused-ring (bicyclic) bond motifs is 1. The van der Waals surface area contributed by atoms with Crippen molar-refractivity contribution in [2.24, 2.45) is 23.7 Å². The normalized spacial score (nSPS) is 19.8. The second-order valence-corrected chi connectivity index (χ2v) is 14.1. The van der Waals surface area contributed by atoms with Crippen LogP contribution in [0.4, 0.5) is 0 Å². The molecule has 250 valence electrons. The van der Waals surface area contributed by atoms with Gasteiger partial charge < -0.3 is 14.5 Å². The van der Waals surface area contributed by atoms with Crippen molar-refractivity contribution in [3.05, 3.63) is 52.3 Å². The Morgan fingerprint density at radius 3 is 2.59 bits per heavy atom. The largest absolute Gasteiger partial charge is 0.497 e. The summed E-state index contributed by atoms with van der Waals surface area (Å²) in [5.74, 6) is 0.785. The van der Waals surface area contributed by atoms with E-state index in [1.807, 2.05) is 30.5 Å². The Hall–Kier alpha value is -3.26. The van der Waals surface area contributed by atoms with Gasteiger partial charge in [0.15, 0.2) is 0 Å². The molecule has 0 radical (unpaired) electrons. The van der Waals surface area contributed by atoms with Crippen molar-refractivity contribution in [3.63, 3.8) is 0 Å². The summed E-state index contributed by atoms with van der Waals surface area (Å²) in [6, 6.07) is 10.1. The van der Waals surface area contributed by atoms with Crippen LogP contribution in [-0.2, 0) is 36.8 Å². The summed E-state index contributed by atoms with van der Waals surface area (Å²) in [4.78, 5) is 57.4. The number of hydrogen-bond donors (Lipinski definition) is 1. The van der Waals surface area contributed by atoms with Crippen molar-refractivity contribution in [2.45, 2.75) is 104 Å². The first-order chi connectivity index (χ1) is 22.3. The maximum Gasteiger partial charge on any atom is 0.305 e. The average molecular weight is 650 g/mol. The van der Waals surface area contributed by atoms with E-state index >= 15 is 0 Å². The van der Waals surface area contributed by atoms with E-state index in [4.69, 9.17) is 9.47 Å². The number of esters is 1. The molecule has 0 saturated heterocycles. The van der Waals surface area contributed by atoms with Crippen LogP contribution < -0.4 is 4.74 Å². The molecule has 2 aromatic heterocycles. The Bertz CT molecular complexity index is 1430. The lowest BCUT2D eigenvalue weighted by atomic mass is 9.81. The van der Waals surface area contributed by atoms with Gasteiger partial charge in [-0.1, -0.05) is 19.4 Å². The van der Waals surface area contributed by atoms with Crippen LogP contribution in [0.1, 0.15) is 101 Å². The van der Waals surface area contributed by atoms with Crippen molar-refractivity contribution in [1.82, 2.24) is 4.98 Å². The number of benzene rings is 1. The zero-order chi connectivity index (χ0) is 32.9. The van der Waals surface area contributed by atoms with E-state index < -0.39 is 0 Å². The highest BCUT2D eigenvalue weighted by atomic mass is 32.1. The van der Waals surface area contributed by atoms with Gasteiger partial charge in [0, 0.05) is 66.4 Å². The number of nitrogens with one attached hydrogen (secondary N) is 1. The predicted molar refractivity (Wildman–Crippen MR) is 183 cm³/mol. The van der Waals surface area contributed by atoms with Gasteiger partial charge in [-0.2, -0.15) is 0 Å². The van der Waals surface area contributed by atoms with Gasteiger partial charge in [0.05, 0.1) is 13.7 Å². The molecule has 0 amide bonds. The molecule has 8 heteroatoms. The Morgan fingerprint density at radius 2 is 1.85 bits per heavy atom. The summed E-state index contributed by atoms with van der Waals surface area (Å²) < 4.78 is 10.6. The Labute approximate surface area is 277 Å². The van der Waals surface area contributed by atoms with Crippen molar-refractivity contribution < 1.29 is 28.7 Å². The summed E-state index contributed by atoms with van der Waals surface area (Å²) in [5.41, 5.74) is 2.18. The number of carbonyl (C=O) groups is 4. The van der Waals surface area contributed by atoms with E-state index in [1.54, 1.807) is 25.4 Å². The molecule has 1 aliphatic carbocycles. The molecule has 4 unspecified atom stereocenters. The molecule has 2 heterocycles. The lowest BCUT2D eigenvalue weighted by molar-refractivity contribution is -0.143. The molecule has 7 nitrogen and oxygen atoms in total. The van der Waals surface area contributed by atoms with Crippen molar-refractivity contribution in [2.75, 3.05) is 13.7 Å². The maximum atomic E-state index is 13.7. The smallest absolute Gasteiger partial charge is 0.305 e. The van der Waals surface area contributed by atoms with E-state index in [-0.39, 0.29) is 59.8 Å². The van der Waals surface area contributed by atoms with Gasteiger partial charge >= 0.3 is 5.97 Å². The third kappa shape index (κ3) is 10.9. The lowest BCUT2D eigenvalue weighted by Gasteiger charge is -2.22. The highest BCUT2D eigenvalue weighted by Gasteiger charge is 2.32. The Morgan fingerprint density at radius 1 is 1.02 bits per heavy atom. The number of rotatable bonds is 17. The van der Waals surface area contributed by atoms with E-state index in [9.17, 15) is 19.2 Å². The summed E-state index contributed by atoms with van der Waals surface area (Å²) in [6.07, 6.45) is 10.3. The number of aromatic amines is 1. The molecule has 4 atom stereocenters. The molecular weight excluding hydrogens is 598 g/mol. The number of carbonyl (C=O) groups excluding carboxylic acids is 4. The van der Waals surface area contributed by atoms with Crippen LogP contribution in [-0.4, -0.2) is 42.0 Å². The van der Waals surface area contributed by atoms with Crippen LogP contribution in [0.25, 0.3) is 10.9 Å². The van der Waals surface area contributed by atoms with Gasteiger partial charge in [-0.05, 0) is 105 Å². The Balaban J connectivity index is 1.46. The molecule has 0 aliphatic heterocycles. The van der Waals surface area contributed by atoms with Crippen molar-refractivity contribution in [1.29, 1.82) is 0 Å². The molecular formula is C38H51NO6S. The number of hydrogen-bond acceptors (Lipinski definition) is 7. The third-order valence-electron chi connectivity index (χ3n) is 9.52. The van der Waals surface area contributed by atoms with E-state index in [2.05, 4.69) is 23.4 Å². The first-order valence-corrected chi connectivity index (χ1v) is 18.0. The van der Waals surface area contributed by atoms with Gasteiger partial charge in [-0.25, -0.2) is 0 Å². The average Bonchev–Trinajstić information content (AvgIpc) is 3.71. The third-order valence-corrected chi connectivity index (χ3v) is 10.5. The van der Waals surface area contributed by atoms with Crippen molar-refractivity contribution >= 4 is 45.6 Å². The zero-order valence-corrected chi connectivity index (χ0v) is 28.6. The number of methoxy groups -OCH3 is 1. The van der Waals surface area contributed by atoms with Crippen LogP contribution >= 0.6 is 11.3 Å². The molecule has 1 saturated carbocycles. The quantitative estimate of drug-likeness (QED) is 0.147. The molecule has 0 spiro atoms. The van der Waals surface area contributed by atoms with Gasteiger partial charge in [-0.15, -0.1) is 11.3 Å². The second-order valence-electron chi connectivity index (χ2n) is 13.1. The van der Waals surface area contributed by atoms with Crippen LogP contribution in [0.15, 0.2) is 41.9 Å². The second kappa shape index (κ2) is 18.2. The summed E-state index contributed by atoms with van der Waals surface area (Å²) in [5, 5.41) is 3.16. The first kappa shape index (κ1) is 35.6. The first-order valence-electron chi connectivity index (χ1n) is 17.2. The fourth-order valence-corrected chi connectivity index (χ4v) is 7.86. The minimum atomic E-state index is -0.363. The SMILES string of the molecule is CCCC1CC(=O)CC(CCc2cccs2)CC(CC(=O)CC(CCC(=O)OCC)CCc2c[nH]c3ccc(OC)cc23)C(=O)C1. The monoisotopic (exact) mass is 649 g/mol. The molecule has 1 aliphatic rings. The lowest BCUT2D eigenvalue weighted by Crippen LogP contribution is -2.24. The molecule has 3 aromatic rings. The van der Waals surface area contributed by atoms with Gasteiger partial charge in [-0.3, -0.25) is 19.2 Å². The van der Waals surface area contributed by atoms with Crippen molar-refractivity contribution in [3.8, 4) is 5.75 Å². The van der Waals surface area contributed by atoms with E-state index in [0.717, 1.165) is 60.7 Å². The molecule has 4 rings (SSSR count). The van der Waals surface area contributed by atoms with Gasteiger partial charge in [0.2, 0.25) is 0 Å². The molecule has 1 fully saturated rings. The van der Waals surface area contributed by atoms with E-state index in [0.29, 0.717) is 45.1 Å². The number of H-pyrrole nitrogens is 1. The standard InChI is InChI=1S/C38H51NO6S/c1-4-7-27-20-31(40)21-28(10-14-34-8-6-17-46-34)18-30(37(42)22-27)23-32(41)19-26(11-16-38(43)45-5-2)9-12-29-25-39-36-15-13-33(44-3)24-35(29)36/h6,8,13,15,17,24-28,30,39H,4-5,7,9-12,14,16,18-23H2,1-3H3. The van der Waals surface area contributed by atoms with Gasteiger partial charge in [0.25, 0.3) is 0 Å². The van der Waals surface area contributed by atoms with Crippen LogP contribution in [0.2, 0.25) is 0 Å². The Kier molecular flexibility index (Phi) is 14.1. The number of aryl methyl sites for hydroxylation is 2. The number of ether oxygens (including phenoxy) is 2. The molecule has 1 aromatic carbocycles. The highest BCUT2D eigenvalue weighted by molar-refractivity contribution is 7.09. The fourth-order valence-electron chi connectivity index (χ4n) is 7.13. The summed E-state index contributed by atoms with van der Waals surface area (Å²) in [6.45, 7) is 4.22. The van der Waals surface area contributed by atoms with Crippen LogP contribution in [0.3, 0.4) is 0 Å². The summed E-state index contributed by atoms with van der Waals surface area (Å²) in [7, 11) is 1.65. The van der Waals surface area contributed by atoms with E-state index in [1.165, 1.54) is 4.88 Å². The minimum Gasteiger partial charge on any atom is -0.497 e. The number of aromatic nitrogens is 1. The predicted octanol–water partition coefficient (Wildman–Crippen LogP) is 8.47. The zero-order valence-electron chi connectivity index (χ0n) is 27.8. The topological polar surface area (TPSA) is 103 Å². The highest BCUT2D eigenvalue weighted by Crippen LogP contribution is 2.33. The molecule has 0 bridgehead atoms. The number of thiophene rings is 1. The maximum absolute atomic E-state index is 13.7. The number of Topliss-reactive ketones (excluding diaryl/α,β-unsaturated/α-hetero) is 3. The summed E-state index contributed by atoms with van der Waals surface area (Å²) >= 11 is 1.72. The fraction of sp³-hybridized carbons (Fsp3) is 0.579. The van der Waals surface area contributed by atoms with Crippen LogP contribution in [0.5, 0.6) is 5.75 Å². The molecule has 1 N–H and O–H groups in total. The number of ketones is 3. The van der Waals surface area contributed by atoms with Gasteiger partial charge in [0.1, 0.15) is 23.1 Å². The minimum absolute atomic E-state index is 0.0112. The van der Waals surface area contributed by atoms with Crippen LogP contribution in [0, 0.1) is 23.7 Å².